The van der Waals surface area contributed by atoms with Gasteiger partial charge in [0.1, 0.15) is 11.5 Å². The second kappa shape index (κ2) is 4.52. The van der Waals surface area contributed by atoms with Crippen molar-refractivity contribution in [3.63, 3.8) is 0 Å². The zero-order valence-corrected chi connectivity index (χ0v) is 11.9. The van der Waals surface area contributed by atoms with Crippen molar-refractivity contribution < 1.29 is 0 Å². The molecule has 4 heteroatoms. The molecule has 3 aromatic rings. The Morgan fingerprint density at radius 2 is 1.90 bits per heavy atom. The van der Waals surface area contributed by atoms with E-state index in [9.17, 15) is 0 Å². The molecule has 1 aliphatic rings. The minimum atomic E-state index is 0.611. The van der Waals surface area contributed by atoms with Crippen LogP contribution >= 0.6 is 0 Å². The van der Waals surface area contributed by atoms with Gasteiger partial charge in [-0.3, -0.25) is 0 Å². The highest BCUT2D eigenvalue weighted by Crippen LogP contribution is 2.28. The first-order chi connectivity index (χ1) is 10.2. The average Bonchev–Trinajstić information content (AvgIpc) is 2.96. The first-order valence-corrected chi connectivity index (χ1v) is 7.24. The van der Waals surface area contributed by atoms with Gasteiger partial charge in [-0.1, -0.05) is 18.2 Å². The van der Waals surface area contributed by atoms with Crippen molar-refractivity contribution in [1.82, 2.24) is 15.0 Å². The standard InChI is InChI=1S/C17H16N4/c1-10-9-15(19-13-7-3-2-5-11(10)13)17-20-14-8-4-6-12(14)16(18)21-17/h2-3,5,7,9H,4,6,8H2,1H3,(H2,18,20,21). The third-order valence-corrected chi connectivity index (χ3v) is 4.12. The molecule has 0 aliphatic heterocycles. The molecule has 0 amide bonds. The van der Waals surface area contributed by atoms with Gasteiger partial charge < -0.3 is 5.73 Å². The molecule has 0 spiro atoms. The van der Waals surface area contributed by atoms with Crippen LogP contribution in [0.25, 0.3) is 22.4 Å². The van der Waals surface area contributed by atoms with Crippen LogP contribution in [0.4, 0.5) is 5.82 Å². The van der Waals surface area contributed by atoms with Crippen LogP contribution in [0.2, 0.25) is 0 Å². The zero-order chi connectivity index (χ0) is 14.4. The fourth-order valence-corrected chi connectivity index (χ4v) is 3.04. The van der Waals surface area contributed by atoms with Gasteiger partial charge in [0.15, 0.2) is 5.82 Å². The molecule has 21 heavy (non-hydrogen) atoms. The number of anilines is 1. The van der Waals surface area contributed by atoms with Crippen LogP contribution in [-0.2, 0) is 12.8 Å². The van der Waals surface area contributed by atoms with Crippen LogP contribution < -0.4 is 5.73 Å². The number of hydrogen-bond donors (Lipinski definition) is 1. The Morgan fingerprint density at radius 3 is 2.81 bits per heavy atom. The lowest BCUT2D eigenvalue weighted by atomic mass is 10.1. The van der Waals surface area contributed by atoms with E-state index in [1.165, 1.54) is 5.56 Å². The highest BCUT2D eigenvalue weighted by atomic mass is 15.0. The van der Waals surface area contributed by atoms with Gasteiger partial charge in [-0.05, 0) is 43.9 Å². The van der Waals surface area contributed by atoms with Crippen molar-refractivity contribution in [3.8, 4) is 11.5 Å². The Kier molecular flexibility index (Phi) is 2.64. The van der Waals surface area contributed by atoms with Crippen LogP contribution in [-0.4, -0.2) is 15.0 Å². The topological polar surface area (TPSA) is 64.7 Å². The second-order valence-corrected chi connectivity index (χ2v) is 5.55. The number of benzene rings is 1. The van der Waals surface area contributed by atoms with Crippen LogP contribution in [0.1, 0.15) is 23.2 Å². The summed E-state index contributed by atoms with van der Waals surface area (Å²) in [5, 5.41) is 1.16. The van der Waals surface area contributed by atoms with Crippen molar-refractivity contribution >= 4 is 16.7 Å². The maximum Gasteiger partial charge on any atom is 0.180 e. The lowest BCUT2D eigenvalue weighted by Crippen LogP contribution is -2.04. The lowest BCUT2D eigenvalue weighted by Gasteiger charge is -2.08. The Labute approximate surface area is 123 Å². The first-order valence-electron chi connectivity index (χ1n) is 7.24. The molecule has 0 saturated carbocycles. The maximum atomic E-state index is 6.08. The van der Waals surface area contributed by atoms with E-state index in [4.69, 9.17) is 10.7 Å². The number of nitrogens with zero attached hydrogens (tertiary/aromatic N) is 3. The quantitative estimate of drug-likeness (QED) is 0.742. The summed E-state index contributed by atoms with van der Waals surface area (Å²) in [6.45, 7) is 2.09. The third-order valence-electron chi connectivity index (χ3n) is 4.12. The Hall–Kier alpha value is -2.49. The van der Waals surface area contributed by atoms with E-state index in [-0.39, 0.29) is 0 Å². The fraction of sp³-hybridized carbons (Fsp3) is 0.235. The second-order valence-electron chi connectivity index (χ2n) is 5.55. The Bertz CT molecular complexity index is 855. The highest BCUT2D eigenvalue weighted by Gasteiger charge is 2.19. The number of aromatic nitrogens is 3. The molecule has 1 aromatic carbocycles. The molecule has 4 rings (SSSR count). The van der Waals surface area contributed by atoms with Gasteiger partial charge in [0.2, 0.25) is 0 Å². The summed E-state index contributed by atoms with van der Waals surface area (Å²) in [6, 6.07) is 10.2. The van der Waals surface area contributed by atoms with Crippen molar-refractivity contribution in [2.45, 2.75) is 26.2 Å². The van der Waals surface area contributed by atoms with E-state index in [1.54, 1.807) is 0 Å². The van der Waals surface area contributed by atoms with Crippen LogP contribution in [0.15, 0.2) is 30.3 Å². The number of rotatable bonds is 1. The predicted molar refractivity (Wildman–Crippen MR) is 83.9 cm³/mol. The van der Waals surface area contributed by atoms with Gasteiger partial charge in [0.05, 0.1) is 5.52 Å². The molecule has 0 radical (unpaired) electrons. The number of nitrogen functional groups attached to an aromatic ring is 1. The summed E-state index contributed by atoms with van der Waals surface area (Å²) in [6.07, 6.45) is 3.09. The third kappa shape index (κ3) is 1.95. The van der Waals surface area contributed by atoms with Crippen LogP contribution in [0.3, 0.4) is 0 Å². The molecule has 2 heterocycles. The summed E-state index contributed by atoms with van der Waals surface area (Å²) in [5.74, 6) is 1.25. The minimum Gasteiger partial charge on any atom is -0.383 e. The summed E-state index contributed by atoms with van der Waals surface area (Å²) < 4.78 is 0. The van der Waals surface area contributed by atoms with E-state index >= 15 is 0 Å². The molecular weight excluding hydrogens is 260 g/mol. The molecule has 0 unspecified atom stereocenters. The predicted octanol–water partition coefficient (Wildman–Crippen LogP) is 3.07. The van der Waals surface area contributed by atoms with Crippen molar-refractivity contribution in [2.24, 2.45) is 0 Å². The average molecular weight is 276 g/mol. The summed E-state index contributed by atoms with van der Waals surface area (Å²) >= 11 is 0. The molecule has 0 saturated heterocycles. The molecule has 2 aromatic heterocycles. The summed E-state index contributed by atoms with van der Waals surface area (Å²) in [5.41, 5.74) is 11.2. The molecule has 2 N–H and O–H groups in total. The number of aryl methyl sites for hydroxylation is 2. The number of fused-ring (bicyclic) bond motifs is 2. The summed E-state index contributed by atoms with van der Waals surface area (Å²) in [7, 11) is 0. The monoisotopic (exact) mass is 276 g/mol. The number of pyridine rings is 1. The van der Waals surface area contributed by atoms with E-state index in [1.807, 2.05) is 24.3 Å². The molecule has 0 fully saturated rings. The zero-order valence-electron chi connectivity index (χ0n) is 11.9. The van der Waals surface area contributed by atoms with Gasteiger partial charge in [0, 0.05) is 16.6 Å². The molecular formula is C17H16N4. The summed E-state index contributed by atoms with van der Waals surface area (Å²) in [4.78, 5) is 13.8. The maximum absolute atomic E-state index is 6.08. The van der Waals surface area contributed by atoms with Crippen molar-refractivity contribution in [2.75, 3.05) is 5.73 Å². The Morgan fingerprint density at radius 1 is 1.05 bits per heavy atom. The van der Waals surface area contributed by atoms with Crippen molar-refractivity contribution in [3.05, 3.63) is 47.2 Å². The largest absolute Gasteiger partial charge is 0.383 e. The van der Waals surface area contributed by atoms with E-state index in [0.717, 1.165) is 47.1 Å². The van der Waals surface area contributed by atoms with Gasteiger partial charge >= 0.3 is 0 Å². The minimum absolute atomic E-state index is 0.611. The number of hydrogen-bond acceptors (Lipinski definition) is 4. The van der Waals surface area contributed by atoms with Gasteiger partial charge in [-0.2, -0.15) is 0 Å². The van der Waals surface area contributed by atoms with Crippen LogP contribution in [0.5, 0.6) is 0 Å². The highest BCUT2D eigenvalue weighted by molar-refractivity contribution is 5.84. The molecule has 1 aliphatic carbocycles. The van der Waals surface area contributed by atoms with Gasteiger partial charge in [-0.25, -0.2) is 15.0 Å². The molecule has 4 nitrogen and oxygen atoms in total. The number of nitrogens with two attached hydrogens (primary N) is 1. The first kappa shape index (κ1) is 12.3. The molecule has 0 atom stereocenters. The Balaban J connectivity index is 1.93. The molecule has 104 valence electrons. The van der Waals surface area contributed by atoms with Gasteiger partial charge in [0.25, 0.3) is 0 Å². The number of para-hydroxylation sites is 1. The smallest absolute Gasteiger partial charge is 0.180 e. The van der Waals surface area contributed by atoms with E-state index < -0.39 is 0 Å². The SMILES string of the molecule is Cc1cc(-c2nc(N)c3c(n2)CCC3)nc2ccccc12. The van der Waals surface area contributed by atoms with Crippen molar-refractivity contribution in [1.29, 1.82) is 0 Å². The van der Waals surface area contributed by atoms with Crippen LogP contribution in [0, 0.1) is 6.92 Å². The van der Waals surface area contributed by atoms with E-state index in [2.05, 4.69) is 23.0 Å². The molecule has 0 bridgehead atoms. The van der Waals surface area contributed by atoms with Gasteiger partial charge in [-0.15, -0.1) is 0 Å². The normalized spacial score (nSPS) is 13.6. The lowest BCUT2D eigenvalue weighted by molar-refractivity contribution is 0.900. The van der Waals surface area contributed by atoms with E-state index in [0.29, 0.717) is 11.6 Å². The fourth-order valence-electron chi connectivity index (χ4n) is 3.04.